The number of carbonyl (C=O) groups is 4. The Balaban J connectivity index is 0. The summed E-state index contributed by atoms with van der Waals surface area (Å²) >= 11 is -14.6. The van der Waals surface area contributed by atoms with Crippen LogP contribution in [0.15, 0.2) is 0 Å². The zero-order valence-corrected chi connectivity index (χ0v) is 48.5. The van der Waals surface area contributed by atoms with Gasteiger partial charge in [0.1, 0.15) is 0 Å². The first-order chi connectivity index (χ1) is 25.6. The van der Waals surface area contributed by atoms with E-state index >= 15 is 0 Å². The van der Waals surface area contributed by atoms with E-state index in [9.17, 15) is 19.2 Å². The average molecular weight is 1200 g/mol. The minimum absolute atomic E-state index is 0.230. The van der Waals surface area contributed by atoms with E-state index in [1.165, 1.54) is 27.7 Å². The van der Waals surface area contributed by atoms with Crippen LogP contribution in [0.1, 0.15) is 186 Å². The second-order valence-corrected chi connectivity index (χ2v) is 58.6. The fourth-order valence-corrected chi connectivity index (χ4v) is 89.7. The zero-order valence-electron chi connectivity index (χ0n) is 37.1. The van der Waals surface area contributed by atoms with Gasteiger partial charge >= 0.3 is 356 Å². The molecule has 10 nitrogen and oxygen atoms in total. The summed E-state index contributed by atoms with van der Waals surface area (Å²) in [5, 5.41) is 0. The molecule has 0 aliphatic rings. The second-order valence-electron chi connectivity index (χ2n) is 15.0. The molecular formula is C40H84O10Sn4. The van der Waals surface area contributed by atoms with Crippen molar-refractivity contribution in [3.05, 3.63) is 0 Å². The molecule has 0 radical (unpaired) electrons. The quantitative estimate of drug-likeness (QED) is 0.0602. The van der Waals surface area contributed by atoms with Crippen molar-refractivity contribution in [2.45, 2.75) is 221 Å². The molecule has 0 aromatic heterocycles. The first-order valence-corrected chi connectivity index (χ1v) is 47.2. The van der Waals surface area contributed by atoms with Gasteiger partial charge in [-0.1, -0.05) is 0 Å². The summed E-state index contributed by atoms with van der Waals surface area (Å²) in [5.41, 5.74) is 0. The van der Waals surface area contributed by atoms with Gasteiger partial charge in [-0.05, 0) is 0 Å². The van der Waals surface area contributed by atoms with E-state index in [1.807, 2.05) is 0 Å². The van der Waals surface area contributed by atoms with Crippen LogP contribution >= 0.6 is 0 Å². The average Bonchev–Trinajstić information content (AvgIpc) is 3.10. The van der Waals surface area contributed by atoms with Crippen LogP contribution in [0.5, 0.6) is 0 Å². The van der Waals surface area contributed by atoms with Crippen LogP contribution in [0, 0.1) is 0 Å². The molecule has 54 heavy (non-hydrogen) atoms. The fourth-order valence-electron chi connectivity index (χ4n) is 6.69. The molecule has 0 aliphatic carbocycles. The first-order valence-electron chi connectivity index (χ1n) is 21.8. The van der Waals surface area contributed by atoms with Gasteiger partial charge in [-0.25, -0.2) is 0 Å². The predicted molar refractivity (Wildman–Crippen MR) is 230 cm³/mol. The number of carbonyl (C=O) groups excluding carboxylic acids is 4. The third-order valence-electron chi connectivity index (χ3n) is 9.35. The normalized spacial score (nSPS) is 12.1. The Kier molecular flexibility index (Phi) is 35.7. The van der Waals surface area contributed by atoms with Gasteiger partial charge in [0.2, 0.25) is 0 Å². The first kappa shape index (κ1) is 57.1. The third kappa shape index (κ3) is 26.9. The molecular weight excluding hydrogens is 1120 g/mol. The summed E-state index contributed by atoms with van der Waals surface area (Å²) in [5.74, 6) is -0.919. The molecule has 0 fully saturated rings. The Morgan fingerprint density at radius 2 is 0.426 bits per heavy atom. The van der Waals surface area contributed by atoms with E-state index < -0.39 is 76.8 Å². The molecule has 0 amide bonds. The summed E-state index contributed by atoms with van der Waals surface area (Å²) in [6.45, 7) is 23.2. The van der Waals surface area contributed by atoms with Gasteiger partial charge < -0.3 is 0 Å². The number of unbranched alkanes of at least 4 members (excludes halogenated alkanes) is 8. The van der Waals surface area contributed by atoms with Crippen LogP contribution in [-0.2, 0) is 34.3 Å². The van der Waals surface area contributed by atoms with E-state index in [0.29, 0.717) is 0 Å². The fraction of sp³-hybridized carbons (Fsp3) is 0.900. The van der Waals surface area contributed by atoms with Crippen LogP contribution in [-0.4, -0.2) is 101 Å². The van der Waals surface area contributed by atoms with E-state index in [4.69, 9.17) is 15.1 Å². The van der Waals surface area contributed by atoms with Crippen molar-refractivity contribution in [2.24, 2.45) is 0 Å². The predicted octanol–water partition coefficient (Wildman–Crippen LogP) is 12.4. The molecule has 0 bridgehead atoms. The molecule has 0 saturated carbocycles. The number of hydrogen-bond acceptors (Lipinski definition) is 10. The topological polar surface area (TPSA) is 124 Å². The summed E-state index contributed by atoms with van der Waals surface area (Å²) in [4.78, 5) is 48.0. The van der Waals surface area contributed by atoms with Crippen LogP contribution in [0.4, 0.5) is 0 Å². The molecule has 0 aliphatic heterocycles. The Morgan fingerprint density at radius 3 is 0.519 bits per heavy atom. The van der Waals surface area contributed by atoms with Gasteiger partial charge in [-0.3, -0.25) is 0 Å². The van der Waals surface area contributed by atoms with Crippen LogP contribution < -0.4 is 0 Å². The van der Waals surface area contributed by atoms with Crippen LogP contribution in [0.25, 0.3) is 0 Å². The molecule has 0 spiro atoms. The SMILES string of the molecule is CCC[CH2][Sn]([CH2]CCC)([O]C(C)=O)[O][Sn]([CH2]CCC)([CH2]CCC)[O]C(C)=O.CCC[CH2][Sn]([CH2]CCC)([O]C(C)=O)[O][Sn]([CH2]CCC)([CH2]CCC)[O]C(C)=O. The maximum absolute atomic E-state index is 12.0. The zero-order chi connectivity index (χ0) is 41.5. The summed E-state index contributed by atoms with van der Waals surface area (Å²) in [6.07, 6.45) is 16.5. The molecule has 320 valence electrons. The molecule has 0 aromatic carbocycles. The molecule has 14 heteroatoms. The summed E-state index contributed by atoms with van der Waals surface area (Å²) in [6, 6.07) is 0. The minimum atomic E-state index is -3.66. The van der Waals surface area contributed by atoms with Crippen molar-refractivity contribution in [2.75, 3.05) is 0 Å². The Labute approximate surface area is 352 Å². The van der Waals surface area contributed by atoms with Gasteiger partial charge in [0.15, 0.2) is 0 Å². The number of rotatable bonds is 32. The van der Waals surface area contributed by atoms with Crippen molar-refractivity contribution in [1.82, 2.24) is 0 Å². The van der Waals surface area contributed by atoms with E-state index in [-0.39, 0.29) is 23.9 Å². The summed E-state index contributed by atoms with van der Waals surface area (Å²) in [7, 11) is 0. The molecule has 0 aromatic rings. The van der Waals surface area contributed by atoms with Crippen molar-refractivity contribution >= 4 is 101 Å². The van der Waals surface area contributed by atoms with Crippen molar-refractivity contribution < 1.29 is 34.3 Å². The standard InChI is InChI=1S/8C4H9.4C2H4O2.2O.4Sn/c8*1-3-4-2;4*1-2(3)4;;;;;;/h8*1,3-4H2,2H3;4*1H3,(H,3,4);;;;;;/q;;;;;;;;;;;;;;4*+1/p-4. The molecule has 0 heterocycles. The monoisotopic (exact) mass is 1200 g/mol. The van der Waals surface area contributed by atoms with E-state index in [2.05, 4.69) is 55.4 Å². The molecule has 0 atom stereocenters. The number of hydrogen-bond donors (Lipinski definition) is 0. The van der Waals surface area contributed by atoms with Gasteiger partial charge in [0.05, 0.1) is 0 Å². The van der Waals surface area contributed by atoms with Crippen molar-refractivity contribution in [3.8, 4) is 0 Å². The van der Waals surface area contributed by atoms with Crippen LogP contribution in [0.3, 0.4) is 0 Å². The van der Waals surface area contributed by atoms with Crippen LogP contribution in [0.2, 0.25) is 35.5 Å². The Morgan fingerprint density at radius 1 is 0.296 bits per heavy atom. The van der Waals surface area contributed by atoms with E-state index in [1.54, 1.807) is 0 Å². The molecule has 0 N–H and O–H groups in total. The second kappa shape index (κ2) is 33.8. The van der Waals surface area contributed by atoms with Gasteiger partial charge in [-0.2, -0.15) is 0 Å². The Bertz CT molecular complexity index is 827. The third-order valence-corrected chi connectivity index (χ3v) is 75.1. The van der Waals surface area contributed by atoms with Gasteiger partial charge in [0, 0.05) is 0 Å². The maximum atomic E-state index is 12.0. The Hall–Kier alpha value is 0.995. The van der Waals surface area contributed by atoms with Crippen molar-refractivity contribution in [1.29, 1.82) is 0 Å². The van der Waals surface area contributed by atoms with E-state index in [0.717, 1.165) is 138 Å². The van der Waals surface area contributed by atoms with Gasteiger partial charge in [-0.15, -0.1) is 0 Å². The van der Waals surface area contributed by atoms with Gasteiger partial charge in [0.25, 0.3) is 0 Å². The van der Waals surface area contributed by atoms with Crippen molar-refractivity contribution in [3.63, 3.8) is 0 Å². The molecule has 0 saturated heterocycles. The molecule has 0 rings (SSSR count). The molecule has 0 unspecified atom stereocenters. The summed E-state index contributed by atoms with van der Waals surface area (Å²) < 4.78 is 45.2.